The Hall–Kier alpha value is -1.89. The minimum Gasteiger partial charge on any atom is -0.420 e. The van der Waals surface area contributed by atoms with Crippen LogP contribution in [0.25, 0.3) is 10.8 Å². The van der Waals surface area contributed by atoms with E-state index in [1.165, 1.54) is 11.3 Å². The Balaban J connectivity index is 1.55. The highest BCUT2D eigenvalue weighted by Gasteiger charge is 2.11. The summed E-state index contributed by atoms with van der Waals surface area (Å²) >= 11 is 13.3. The minimum absolute atomic E-state index is 0.167. The second-order valence-electron chi connectivity index (χ2n) is 4.66. The number of halogens is 2. The zero-order valence-corrected chi connectivity index (χ0v) is 14.1. The average molecular weight is 368 g/mol. The van der Waals surface area contributed by atoms with Gasteiger partial charge in [-0.3, -0.25) is 4.79 Å². The van der Waals surface area contributed by atoms with Crippen LogP contribution in [-0.4, -0.2) is 16.1 Å². The molecule has 23 heavy (non-hydrogen) atoms. The zero-order valence-electron chi connectivity index (χ0n) is 11.8. The fraction of sp³-hybridized carbons (Fsp3) is 0.133. The lowest BCUT2D eigenvalue weighted by molar-refractivity contribution is -0.116. The molecule has 1 N–H and O–H groups in total. The number of rotatable bonds is 5. The standard InChI is InChI=1S/C15H11Cl2N3O2S/c16-10-4-3-9(8-11(10)17)18-13(21)5-6-14-19-20-15(22-14)12-2-1-7-23-12/h1-4,7-8H,5-6H2,(H,18,21). The number of nitrogens with one attached hydrogen (secondary N) is 1. The van der Waals surface area contributed by atoms with Gasteiger partial charge in [-0.25, -0.2) is 0 Å². The van der Waals surface area contributed by atoms with Crippen LogP contribution in [0.15, 0.2) is 40.1 Å². The van der Waals surface area contributed by atoms with E-state index < -0.39 is 0 Å². The van der Waals surface area contributed by atoms with Crippen molar-refractivity contribution in [2.75, 3.05) is 5.32 Å². The number of amides is 1. The van der Waals surface area contributed by atoms with Crippen molar-refractivity contribution in [3.63, 3.8) is 0 Å². The summed E-state index contributed by atoms with van der Waals surface area (Å²) in [5, 5.41) is 13.4. The lowest BCUT2D eigenvalue weighted by atomic mass is 10.2. The van der Waals surface area contributed by atoms with E-state index in [-0.39, 0.29) is 12.3 Å². The third-order valence-electron chi connectivity index (χ3n) is 2.97. The van der Waals surface area contributed by atoms with E-state index in [1.807, 2.05) is 17.5 Å². The van der Waals surface area contributed by atoms with Gasteiger partial charge in [-0.15, -0.1) is 21.5 Å². The molecular weight excluding hydrogens is 357 g/mol. The lowest BCUT2D eigenvalue weighted by Crippen LogP contribution is -2.12. The summed E-state index contributed by atoms with van der Waals surface area (Å²) in [5.41, 5.74) is 0.592. The molecule has 0 aliphatic carbocycles. The van der Waals surface area contributed by atoms with Gasteiger partial charge in [-0.1, -0.05) is 29.3 Å². The maximum atomic E-state index is 11.9. The number of anilines is 1. The Morgan fingerprint density at radius 3 is 2.83 bits per heavy atom. The molecule has 0 atom stereocenters. The third-order valence-corrected chi connectivity index (χ3v) is 4.56. The number of thiophene rings is 1. The molecule has 1 amide bonds. The number of nitrogens with zero attached hydrogens (tertiary/aromatic N) is 2. The van der Waals surface area contributed by atoms with E-state index in [1.54, 1.807) is 18.2 Å². The van der Waals surface area contributed by atoms with Crippen LogP contribution in [0.5, 0.6) is 0 Å². The van der Waals surface area contributed by atoms with Crippen LogP contribution in [0.3, 0.4) is 0 Å². The SMILES string of the molecule is O=C(CCc1nnc(-c2cccs2)o1)Nc1ccc(Cl)c(Cl)c1. The van der Waals surface area contributed by atoms with Crippen LogP contribution >= 0.6 is 34.5 Å². The third kappa shape index (κ3) is 4.10. The predicted molar refractivity (Wildman–Crippen MR) is 91.0 cm³/mol. The van der Waals surface area contributed by atoms with Crippen LogP contribution in [0.4, 0.5) is 5.69 Å². The first-order chi connectivity index (χ1) is 11.1. The number of benzene rings is 1. The Bertz CT molecular complexity index is 818. The van der Waals surface area contributed by atoms with Crippen molar-refractivity contribution in [3.05, 3.63) is 51.6 Å². The highest BCUT2D eigenvalue weighted by molar-refractivity contribution is 7.13. The number of aromatic nitrogens is 2. The highest BCUT2D eigenvalue weighted by atomic mass is 35.5. The smallest absolute Gasteiger partial charge is 0.257 e. The zero-order chi connectivity index (χ0) is 16.2. The van der Waals surface area contributed by atoms with Crippen molar-refractivity contribution in [2.24, 2.45) is 0 Å². The van der Waals surface area contributed by atoms with Crippen molar-refractivity contribution in [1.29, 1.82) is 0 Å². The van der Waals surface area contributed by atoms with Crippen molar-refractivity contribution in [1.82, 2.24) is 10.2 Å². The Morgan fingerprint density at radius 2 is 2.09 bits per heavy atom. The highest BCUT2D eigenvalue weighted by Crippen LogP contribution is 2.25. The van der Waals surface area contributed by atoms with Crippen molar-refractivity contribution < 1.29 is 9.21 Å². The molecule has 3 rings (SSSR count). The maximum absolute atomic E-state index is 11.9. The van der Waals surface area contributed by atoms with Crippen LogP contribution in [0.1, 0.15) is 12.3 Å². The number of hydrogen-bond acceptors (Lipinski definition) is 5. The van der Waals surface area contributed by atoms with Crippen molar-refractivity contribution in [3.8, 4) is 10.8 Å². The summed E-state index contributed by atoms with van der Waals surface area (Å²) in [6.45, 7) is 0. The molecule has 2 heterocycles. The van der Waals surface area contributed by atoms with Crippen LogP contribution in [-0.2, 0) is 11.2 Å². The molecule has 118 valence electrons. The molecule has 0 aliphatic rings. The average Bonchev–Trinajstić information content (AvgIpc) is 3.19. The normalized spacial score (nSPS) is 10.7. The van der Waals surface area contributed by atoms with E-state index in [0.29, 0.717) is 33.9 Å². The number of carbonyl (C=O) groups is 1. The summed E-state index contributed by atoms with van der Waals surface area (Å²) in [7, 11) is 0. The molecule has 1 aromatic carbocycles. The summed E-state index contributed by atoms with van der Waals surface area (Å²) in [6, 6.07) is 8.73. The summed E-state index contributed by atoms with van der Waals surface area (Å²) in [4.78, 5) is 12.8. The van der Waals surface area contributed by atoms with Gasteiger partial charge >= 0.3 is 0 Å². The van der Waals surface area contributed by atoms with Gasteiger partial charge in [-0.05, 0) is 29.6 Å². The Labute approximate surface area is 146 Å². The van der Waals surface area contributed by atoms with Gasteiger partial charge in [0.2, 0.25) is 11.8 Å². The molecule has 2 aromatic heterocycles. The first-order valence-electron chi connectivity index (χ1n) is 6.73. The number of aryl methyl sites for hydroxylation is 1. The first-order valence-corrected chi connectivity index (χ1v) is 8.36. The van der Waals surface area contributed by atoms with E-state index in [9.17, 15) is 4.79 Å². The van der Waals surface area contributed by atoms with Gasteiger partial charge in [0.05, 0.1) is 14.9 Å². The second kappa shape index (κ2) is 7.12. The van der Waals surface area contributed by atoms with Gasteiger partial charge in [-0.2, -0.15) is 0 Å². The van der Waals surface area contributed by atoms with Gasteiger partial charge in [0, 0.05) is 18.5 Å². The monoisotopic (exact) mass is 367 g/mol. The lowest BCUT2D eigenvalue weighted by Gasteiger charge is -2.05. The molecular formula is C15H11Cl2N3O2S. The predicted octanol–water partition coefficient (Wildman–Crippen LogP) is 4.68. The molecule has 0 unspecified atom stereocenters. The molecule has 0 fully saturated rings. The van der Waals surface area contributed by atoms with Gasteiger partial charge < -0.3 is 9.73 Å². The van der Waals surface area contributed by atoms with Gasteiger partial charge in [0.15, 0.2) is 0 Å². The topological polar surface area (TPSA) is 68.0 Å². The van der Waals surface area contributed by atoms with Crippen molar-refractivity contribution in [2.45, 2.75) is 12.8 Å². The molecule has 0 bridgehead atoms. The van der Waals surface area contributed by atoms with E-state index in [4.69, 9.17) is 27.6 Å². The van der Waals surface area contributed by atoms with Crippen LogP contribution in [0, 0.1) is 0 Å². The Morgan fingerprint density at radius 1 is 1.22 bits per heavy atom. The van der Waals surface area contributed by atoms with Crippen LogP contribution < -0.4 is 5.32 Å². The second-order valence-corrected chi connectivity index (χ2v) is 6.42. The molecule has 5 nitrogen and oxygen atoms in total. The largest absolute Gasteiger partial charge is 0.420 e. The quantitative estimate of drug-likeness (QED) is 0.710. The minimum atomic E-state index is -0.167. The fourth-order valence-electron chi connectivity index (χ4n) is 1.87. The molecule has 0 saturated carbocycles. The summed E-state index contributed by atoms with van der Waals surface area (Å²) in [6.07, 6.45) is 0.595. The summed E-state index contributed by atoms with van der Waals surface area (Å²) < 4.78 is 5.53. The van der Waals surface area contributed by atoms with Gasteiger partial charge in [0.1, 0.15) is 0 Å². The fourth-order valence-corrected chi connectivity index (χ4v) is 2.81. The summed E-state index contributed by atoms with van der Waals surface area (Å²) in [5.74, 6) is 0.733. The van der Waals surface area contributed by atoms with Gasteiger partial charge in [0.25, 0.3) is 5.89 Å². The van der Waals surface area contributed by atoms with Crippen LogP contribution in [0.2, 0.25) is 10.0 Å². The molecule has 0 aliphatic heterocycles. The maximum Gasteiger partial charge on any atom is 0.257 e. The molecule has 8 heteroatoms. The van der Waals surface area contributed by atoms with E-state index >= 15 is 0 Å². The number of carbonyl (C=O) groups excluding carboxylic acids is 1. The van der Waals surface area contributed by atoms with Crippen molar-refractivity contribution >= 4 is 46.1 Å². The molecule has 0 saturated heterocycles. The van der Waals surface area contributed by atoms with E-state index in [0.717, 1.165) is 4.88 Å². The van der Waals surface area contributed by atoms with E-state index in [2.05, 4.69) is 15.5 Å². The molecule has 0 spiro atoms. The Kier molecular flexibility index (Phi) is 4.95. The molecule has 0 radical (unpaired) electrons. The number of hydrogen-bond donors (Lipinski definition) is 1. The first kappa shape index (κ1) is 16.0. The molecule has 3 aromatic rings.